The number of rotatable bonds is 2. The van der Waals surface area contributed by atoms with E-state index in [0.29, 0.717) is 17.5 Å². The molecule has 0 radical (unpaired) electrons. The maximum Gasteiger partial charge on any atom is 0.246 e. The fourth-order valence-electron chi connectivity index (χ4n) is 2.43. The summed E-state index contributed by atoms with van der Waals surface area (Å²) in [4.78, 5) is 13.9. The summed E-state index contributed by atoms with van der Waals surface area (Å²) in [6, 6.07) is 7.49. The standard InChI is InChI=1S/C15H19ClN2O/c1-11-8-14(17)10-18(9-11)15(19)7-4-12-2-5-13(16)6-3-12/h2-7,11,14H,8-10,17H2,1H3. The van der Waals surface area contributed by atoms with Crippen LogP contribution in [0.25, 0.3) is 6.08 Å². The average Bonchev–Trinajstić information content (AvgIpc) is 2.36. The largest absolute Gasteiger partial charge is 0.337 e. The molecule has 1 aromatic rings. The Balaban J connectivity index is 1.98. The predicted octanol–water partition coefficient (Wildman–Crippen LogP) is 2.55. The molecule has 19 heavy (non-hydrogen) atoms. The highest BCUT2D eigenvalue weighted by molar-refractivity contribution is 6.30. The van der Waals surface area contributed by atoms with Crippen LogP contribution in [0.5, 0.6) is 0 Å². The van der Waals surface area contributed by atoms with Gasteiger partial charge in [-0.25, -0.2) is 0 Å². The smallest absolute Gasteiger partial charge is 0.246 e. The Kier molecular flexibility index (Phi) is 4.61. The summed E-state index contributed by atoms with van der Waals surface area (Å²) in [5, 5.41) is 0.694. The van der Waals surface area contributed by atoms with E-state index in [1.165, 1.54) is 0 Å². The van der Waals surface area contributed by atoms with Gasteiger partial charge in [-0.05, 0) is 36.1 Å². The van der Waals surface area contributed by atoms with Crippen molar-refractivity contribution in [3.8, 4) is 0 Å². The number of nitrogens with two attached hydrogens (primary N) is 1. The molecule has 3 nitrogen and oxygen atoms in total. The first-order valence-corrected chi connectivity index (χ1v) is 6.90. The molecule has 0 saturated carbocycles. The molecule has 1 amide bonds. The summed E-state index contributed by atoms with van der Waals surface area (Å²) >= 11 is 5.82. The lowest BCUT2D eigenvalue weighted by Gasteiger charge is -2.34. The molecular weight excluding hydrogens is 260 g/mol. The highest BCUT2D eigenvalue weighted by Crippen LogP contribution is 2.16. The molecule has 0 bridgehead atoms. The first-order chi connectivity index (χ1) is 9.04. The maximum atomic E-state index is 12.1. The minimum Gasteiger partial charge on any atom is -0.337 e. The molecule has 0 spiro atoms. The van der Waals surface area contributed by atoms with Gasteiger partial charge in [-0.2, -0.15) is 0 Å². The van der Waals surface area contributed by atoms with Crippen LogP contribution in [0.2, 0.25) is 5.02 Å². The number of carbonyl (C=O) groups is 1. The third kappa shape index (κ3) is 4.08. The van der Waals surface area contributed by atoms with Crippen molar-refractivity contribution in [3.05, 3.63) is 40.9 Å². The molecule has 1 aromatic carbocycles. The summed E-state index contributed by atoms with van der Waals surface area (Å²) < 4.78 is 0. The molecule has 2 unspecified atom stereocenters. The van der Waals surface area contributed by atoms with Crippen molar-refractivity contribution in [2.45, 2.75) is 19.4 Å². The van der Waals surface area contributed by atoms with E-state index in [2.05, 4.69) is 6.92 Å². The fraction of sp³-hybridized carbons (Fsp3) is 0.400. The molecule has 0 aliphatic carbocycles. The number of nitrogens with zero attached hydrogens (tertiary/aromatic N) is 1. The molecule has 102 valence electrons. The second-order valence-electron chi connectivity index (χ2n) is 5.23. The minimum atomic E-state index is 0.0250. The Morgan fingerprint density at radius 2 is 2.05 bits per heavy atom. The maximum absolute atomic E-state index is 12.1. The van der Waals surface area contributed by atoms with E-state index in [9.17, 15) is 4.79 Å². The van der Waals surface area contributed by atoms with Gasteiger partial charge in [0.15, 0.2) is 0 Å². The van der Waals surface area contributed by atoms with E-state index in [4.69, 9.17) is 17.3 Å². The molecule has 1 aliphatic heterocycles. The fourth-order valence-corrected chi connectivity index (χ4v) is 2.55. The van der Waals surface area contributed by atoms with Crippen molar-refractivity contribution in [2.75, 3.05) is 13.1 Å². The SMILES string of the molecule is CC1CC(N)CN(C(=O)C=Cc2ccc(Cl)cc2)C1. The van der Waals surface area contributed by atoms with E-state index in [1.54, 1.807) is 6.08 Å². The lowest BCUT2D eigenvalue weighted by Crippen LogP contribution is -2.48. The Bertz CT molecular complexity index is 460. The van der Waals surface area contributed by atoms with Gasteiger partial charge < -0.3 is 10.6 Å². The van der Waals surface area contributed by atoms with Crippen LogP contribution in [0, 0.1) is 5.92 Å². The van der Waals surface area contributed by atoms with Crippen LogP contribution in [-0.2, 0) is 4.79 Å². The molecule has 2 rings (SSSR count). The van der Waals surface area contributed by atoms with Gasteiger partial charge >= 0.3 is 0 Å². The van der Waals surface area contributed by atoms with Crippen molar-refractivity contribution in [1.29, 1.82) is 0 Å². The summed E-state index contributed by atoms with van der Waals surface area (Å²) in [6.45, 7) is 3.56. The van der Waals surface area contributed by atoms with Gasteiger partial charge in [-0.1, -0.05) is 30.7 Å². The molecule has 1 saturated heterocycles. The van der Waals surface area contributed by atoms with Gasteiger partial charge in [-0.15, -0.1) is 0 Å². The third-order valence-corrected chi connectivity index (χ3v) is 3.54. The normalized spacial score (nSPS) is 23.8. The lowest BCUT2D eigenvalue weighted by molar-refractivity contribution is -0.127. The van der Waals surface area contributed by atoms with E-state index >= 15 is 0 Å². The molecule has 0 aromatic heterocycles. The number of piperidine rings is 1. The molecule has 4 heteroatoms. The molecule has 1 fully saturated rings. The van der Waals surface area contributed by atoms with Gasteiger partial charge in [0.2, 0.25) is 5.91 Å². The first-order valence-electron chi connectivity index (χ1n) is 6.52. The van der Waals surface area contributed by atoms with Crippen molar-refractivity contribution in [2.24, 2.45) is 11.7 Å². The average molecular weight is 279 g/mol. The molecule has 2 N–H and O–H groups in total. The number of halogens is 1. The van der Waals surface area contributed by atoms with Crippen LogP contribution in [0.1, 0.15) is 18.9 Å². The number of carbonyl (C=O) groups excluding carboxylic acids is 1. The number of likely N-dealkylation sites (tertiary alicyclic amines) is 1. The van der Waals surface area contributed by atoms with Gasteiger partial charge in [0, 0.05) is 30.2 Å². The molecular formula is C15H19ClN2O. The van der Waals surface area contributed by atoms with Crippen molar-refractivity contribution >= 4 is 23.6 Å². The number of amides is 1. The van der Waals surface area contributed by atoms with Crippen molar-refractivity contribution in [3.63, 3.8) is 0 Å². The zero-order chi connectivity index (χ0) is 13.8. The molecule has 1 aliphatic rings. The van der Waals surface area contributed by atoms with Crippen LogP contribution >= 0.6 is 11.6 Å². The van der Waals surface area contributed by atoms with Gasteiger partial charge in [0.1, 0.15) is 0 Å². The predicted molar refractivity (Wildman–Crippen MR) is 78.8 cm³/mol. The van der Waals surface area contributed by atoms with Gasteiger partial charge in [-0.3, -0.25) is 4.79 Å². The Labute approximate surface area is 119 Å². The lowest BCUT2D eigenvalue weighted by atomic mass is 9.96. The second kappa shape index (κ2) is 6.22. The highest BCUT2D eigenvalue weighted by Gasteiger charge is 2.24. The number of benzene rings is 1. The quantitative estimate of drug-likeness (QED) is 0.845. The summed E-state index contributed by atoms with van der Waals surface area (Å²) in [7, 11) is 0. The zero-order valence-corrected chi connectivity index (χ0v) is 11.8. The third-order valence-electron chi connectivity index (χ3n) is 3.29. The van der Waals surface area contributed by atoms with E-state index in [-0.39, 0.29) is 11.9 Å². The van der Waals surface area contributed by atoms with Crippen LogP contribution in [-0.4, -0.2) is 29.9 Å². The zero-order valence-electron chi connectivity index (χ0n) is 11.1. The Morgan fingerprint density at radius 3 is 2.68 bits per heavy atom. The number of hydrogen-bond donors (Lipinski definition) is 1. The van der Waals surface area contributed by atoms with Crippen LogP contribution in [0.15, 0.2) is 30.3 Å². The van der Waals surface area contributed by atoms with Gasteiger partial charge in [0.25, 0.3) is 0 Å². The summed E-state index contributed by atoms with van der Waals surface area (Å²) in [6.07, 6.45) is 4.40. The first kappa shape index (κ1) is 14.1. The van der Waals surface area contributed by atoms with Crippen LogP contribution < -0.4 is 5.73 Å². The van der Waals surface area contributed by atoms with Crippen LogP contribution in [0.3, 0.4) is 0 Å². The van der Waals surface area contributed by atoms with E-state index < -0.39 is 0 Å². The minimum absolute atomic E-state index is 0.0250. The van der Waals surface area contributed by atoms with Crippen molar-refractivity contribution < 1.29 is 4.79 Å². The molecule has 2 atom stereocenters. The topological polar surface area (TPSA) is 46.3 Å². The Hall–Kier alpha value is -1.32. The molecule has 1 heterocycles. The monoisotopic (exact) mass is 278 g/mol. The van der Waals surface area contributed by atoms with E-state index in [0.717, 1.165) is 18.5 Å². The summed E-state index contributed by atoms with van der Waals surface area (Å²) in [5.41, 5.74) is 6.91. The second-order valence-corrected chi connectivity index (χ2v) is 5.67. The summed E-state index contributed by atoms with van der Waals surface area (Å²) in [5.74, 6) is 0.494. The van der Waals surface area contributed by atoms with Gasteiger partial charge in [0.05, 0.1) is 0 Å². The van der Waals surface area contributed by atoms with Crippen molar-refractivity contribution in [1.82, 2.24) is 4.90 Å². The van der Waals surface area contributed by atoms with Crippen LogP contribution in [0.4, 0.5) is 0 Å². The number of hydrogen-bond acceptors (Lipinski definition) is 2. The highest BCUT2D eigenvalue weighted by atomic mass is 35.5. The Morgan fingerprint density at radius 1 is 1.37 bits per heavy atom. The van der Waals surface area contributed by atoms with E-state index in [1.807, 2.05) is 35.2 Å².